The van der Waals surface area contributed by atoms with Crippen LogP contribution in [0.15, 0.2) is 144 Å². The zero-order chi connectivity index (χ0) is 34.5. The third-order valence-corrected chi connectivity index (χ3v) is 8.40. The number of fused-ring (bicyclic) bond motifs is 2. The summed E-state index contributed by atoms with van der Waals surface area (Å²) >= 11 is 12.1. The van der Waals surface area contributed by atoms with Gasteiger partial charge in [-0.3, -0.25) is 9.59 Å². The van der Waals surface area contributed by atoms with E-state index >= 15 is 0 Å². The zero-order valence-electron chi connectivity index (χ0n) is 26.2. The lowest BCUT2D eigenvalue weighted by Crippen LogP contribution is -2.18. The molecule has 0 atom stereocenters. The maximum Gasteiger partial charge on any atom is 0.272 e. The van der Waals surface area contributed by atoms with Crippen LogP contribution in [0.3, 0.4) is 0 Å². The molecule has 7 rings (SSSR count). The molecule has 0 bridgehead atoms. The van der Waals surface area contributed by atoms with Gasteiger partial charge < -0.3 is 0 Å². The van der Waals surface area contributed by atoms with Gasteiger partial charge in [0.05, 0.1) is 46.0 Å². The summed E-state index contributed by atoms with van der Waals surface area (Å²) < 4.78 is 0. The number of pyridine rings is 2. The van der Waals surface area contributed by atoms with Crippen LogP contribution >= 0.6 is 23.2 Å². The van der Waals surface area contributed by atoms with E-state index in [0.717, 1.165) is 22.3 Å². The van der Waals surface area contributed by atoms with Gasteiger partial charge in [0.15, 0.2) is 0 Å². The van der Waals surface area contributed by atoms with Crippen molar-refractivity contribution in [3.05, 3.63) is 166 Å². The molecule has 8 nitrogen and oxygen atoms in total. The van der Waals surface area contributed by atoms with Gasteiger partial charge in [-0.15, -0.1) is 0 Å². The number of nitrogens with one attached hydrogen (secondary N) is 2. The summed E-state index contributed by atoms with van der Waals surface area (Å²) in [5, 5.41) is 11.0. The standard InChI is InChI=1S/C40H26Cl2N6O2/c41-29-17-13-27(14-18-29)37-21-33(31-5-1-3-7-35(31)45-37)39(49)47-43-23-25-9-11-26(12-10-25)24-44-48-40(50)34-22-38(28-15-19-30(42)20-16-28)46-36-8-4-2-6-32(34)36/h1-24H,(H,47,49)(H,48,50)/b43-23+,44-24+. The van der Waals surface area contributed by atoms with E-state index in [4.69, 9.17) is 33.2 Å². The molecule has 7 aromatic rings. The molecule has 5 aromatic carbocycles. The average molecular weight is 694 g/mol. The first-order valence-electron chi connectivity index (χ1n) is 15.5. The average Bonchev–Trinajstić information content (AvgIpc) is 3.15. The van der Waals surface area contributed by atoms with Crippen molar-refractivity contribution in [2.45, 2.75) is 0 Å². The number of para-hydroxylation sites is 2. The number of rotatable bonds is 8. The van der Waals surface area contributed by atoms with Gasteiger partial charge in [-0.05, 0) is 59.7 Å². The minimum atomic E-state index is -0.364. The topological polar surface area (TPSA) is 109 Å². The van der Waals surface area contributed by atoms with E-state index in [1.165, 1.54) is 0 Å². The number of hydrazone groups is 2. The fourth-order valence-electron chi connectivity index (χ4n) is 5.38. The highest BCUT2D eigenvalue weighted by atomic mass is 35.5. The highest BCUT2D eigenvalue weighted by Crippen LogP contribution is 2.27. The van der Waals surface area contributed by atoms with E-state index in [1.807, 2.05) is 97.1 Å². The SMILES string of the molecule is O=C(N/N=C/c1ccc(/C=N/NC(=O)c2cc(-c3ccc(Cl)cc3)nc3ccccc23)cc1)c1cc(-c2ccc(Cl)cc2)nc2ccccc12. The van der Waals surface area contributed by atoms with Crippen molar-refractivity contribution in [3.63, 3.8) is 0 Å². The summed E-state index contributed by atoms with van der Waals surface area (Å²) in [6, 6.07) is 40.3. The molecule has 242 valence electrons. The van der Waals surface area contributed by atoms with Crippen molar-refractivity contribution < 1.29 is 9.59 Å². The third kappa shape index (κ3) is 7.27. The van der Waals surface area contributed by atoms with E-state index in [9.17, 15) is 9.59 Å². The molecule has 0 unspecified atom stereocenters. The number of aromatic nitrogens is 2. The summed E-state index contributed by atoms with van der Waals surface area (Å²) in [5.41, 5.74) is 12.1. The molecule has 0 radical (unpaired) electrons. The van der Waals surface area contributed by atoms with Crippen LogP contribution in [0.1, 0.15) is 31.8 Å². The minimum absolute atomic E-state index is 0.364. The Kier molecular flexibility index (Phi) is 9.37. The number of hydrogen-bond acceptors (Lipinski definition) is 6. The van der Waals surface area contributed by atoms with Gasteiger partial charge in [0.25, 0.3) is 11.8 Å². The summed E-state index contributed by atoms with van der Waals surface area (Å²) in [7, 11) is 0. The molecule has 2 amide bonds. The van der Waals surface area contributed by atoms with Gasteiger partial charge in [0.1, 0.15) is 0 Å². The van der Waals surface area contributed by atoms with Crippen LogP contribution in [0, 0.1) is 0 Å². The minimum Gasteiger partial charge on any atom is -0.267 e. The normalized spacial score (nSPS) is 11.4. The Morgan fingerprint density at radius 2 is 0.900 bits per heavy atom. The van der Waals surface area contributed by atoms with E-state index in [0.29, 0.717) is 54.4 Å². The Morgan fingerprint density at radius 3 is 1.30 bits per heavy atom. The van der Waals surface area contributed by atoms with Crippen molar-refractivity contribution in [2.75, 3.05) is 0 Å². The molecule has 0 saturated heterocycles. The lowest BCUT2D eigenvalue weighted by Gasteiger charge is -2.09. The Labute approximate surface area is 297 Å². The van der Waals surface area contributed by atoms with Crippen LogP contribution in [0.4, 0.5) is 0 Å². The Bertz CT molecular complexity index is 2260. The second-order valence-corrected chi connectivity index (χ2v) is 12.1. The monoisotopic (exact) mass is 692 g/mol. The van der Waals surface area contributed by atoms with Gasteiger partial charge in [0.2, 0.25) is 0 Å². The predicted octanol–water partition coefficient (Wildman–Crippen LogP) is 8.95. The number of hydrogen-bond donors (Lipinski definition) is 2. The van der Waals surface area contributed by atoms with Gasteiger partial charge >= 0.3 is 0 Å². The number of carbonyl (C=O) groups excluding carboxylic acids is 2. The van der Waals surface area contributed by atoms with Crippen LogP contribution < -0.4 is 10.9 Å². The highest BCUT2D eigenvalue weighted by molar-refractivity contribution is 6.31. The van der Waals surface area contributed by atoms with Crippen molar-refractivity contribution >= 4 is 69.3 Å². The number of halogens is 2. The maximum absolute atomic E-state index is 13.3. The number of benzene rings is 5. The molecule has 0 spiro atoms. The van der Waals surface area contributed by atoms with E-state index < -0.39 is 0 Å². The Hall–Kier alpha value is -6.22. The second kappa shape index (κ2) is 14.5. The zero-order valence-corrected chi connectivity index (χ0v) is 27.7. The fraction of sp³-hybridized carbons (Fsp3) is 0. The summed E-state index contributed by atoms with van der Waals surface area (Å²) in [6.07, 6.45) is 3.10. The summed E-state index contributed by atoms with van der Waals surface area (Å²) in [5.74, 6) is -0.728. The summed E-state index contributed by atoms with van der Waals surface area (Å²) in [6.45, 7) is 0. The van der Waals surface area contributed by atoms with Crippen molar-refractivity contribution in [2.24, 2.45) is 10.2 Å². The van der Waals surface area contributed by atoms with Crippen molar-refractivity contribution in [1.29, 1.82) is 0 Å². The summed E-state index contributed by atoms with van der Waals surface area (Å²) in [4.78, 5) is 36.0. The molecule has 0 aliphatic carbocycles. The first-order valence-corrected chi connectivity index (χ1v) is 16.3. The molecule has 2 aromatic heterocycles. The molecule has 0 aliphatic heterocycles. The molecule has 2 N–H and O–H groups in total. The lowest BCUT2D eigenvalue weighted by atomic mass is 10.0. The molecule has 50 heavy (non-hydrogen) atoms. The molecule has 2 heterocycles. The molecular weight excluding hydrogens is 667 g/mol. The van der Waals surface area contributed by atoms with Crippen LogP contribution in [-0.4, -0.2) is 34.2 Å². The third-order valence-electron chi connectivity index (χ3n) is 7.90. The second-order valence-electron chi connectivity index (χ2n) is 11.2. The molecular formula is C40H26Cl2N6O2. The Morgan fingerprint density at radius 1 is 0.520 bits per heavy atom. The number of amides is 2. The maximum atomic E-state index is 13.3. The van der Waals surface area contributed by atoms with Gasteiger partial charge in [-0.25, -0.2) is 20.8 Å². The van der Waals surface area contributed by atoms with Crippen LogP contribution in [0.2, 0.25) is 10.0 Å². The van der Waals surface area contributed by atoms with Crippen LogP contribution in [0.5, 0.6) is 0 Å². The predicted molar refractivity (Wildman–Crippen MR) is 201 cm³/mol. The molecule has 0 fully saturated rings. The van der Waals surface area contributed by atoms with Gasteiger partial charge in [0, 0.05) is 31.9 Å². The molecule has 0 saturated carbocycles. The van der Waals surface area contributed by atoms with Crippen molar-refractivity contribution in [1.82, 2.24) is 20.8 Å². The quantitative estimate of drug-likeness (QED) is 0.122. The molecule has 0 aliphatic rings. The Balaban J connectivity index is 1.02. The van der Waals surface area contributed by atoms with Crippen LogP contribution in [-0.2, 0) is 0 Å². The largest absolute Gasteiger partial charge is 0.272 e. The van der Waals surface area contributed by atoms with E-state index in [1.54, 1.807) is 48.8 Å². The van der Waals surface area contributed by atoms with Gasteiger partial charge in [-0.1, -0.05) is 108 Å². The first kappa shape index (κ1) is 32.3. The smallest absolute Gasteiger partial charge is 0.267 e. The number of carbonyl (C=O) groups is 2. The highest BCUT2D eigenvalue weighted by Gasteiger charge is 2.15. The van der Waals surface area contributed by atoms with E-state index in [-0.39, 0.29) is 11.8 Å². The fourth-order valence-corrected chi connectivity index (χ4v) is 5.64. The molecule has 10 heteroatoms. The van der Waals surface area contributed by atoms with Gasteiger partial charge in [-0.2, -0.15) is 10.2 Å². The number of nitrogens with zero attached hydrogens (tertiary/aromatic N) is 4. The van der Waals surface area contributed by atoms with Crippen LogP contribution in [0.25, 0.3) is 44.3 Å². The van der Waals surface area contributed by atoms with Crippen molar-refractivity contribution in [3.8, 4) is 22.5 Å². The first-order chi connectivity index (χ1) is 24.4. The van der Waals surface area contributed by atoms with E-state index in [2.05, 4.69) is 21.1 Å². The lowest BCUT2D eigenvalue weighted by molar-refractivity contribution is 0.0948.